The second kappa shape index (κ2) is 6.78. The van der Waals surface area contributed by atoms with Crippen molar-refractivity contribution >= 4 is 22.9 Å². The van der Waals surface area contributed by atoms with Crippen LogP contribution in [0.15, 0.2) is 40.1 Å². The zero-order valence-electron chi connectivity index (χ0n) is 12.7. The van der Waals surface area contributed by atoms with Crippen LogP contribution in [0.25, 0.3) is 10.8 Å². The molecule has 0 fully saturated rings. The molecule has 0 spiro atoms. The Kier molecular flexibility index (Phi) is 4.75. The Labute approximate surface area is 142 Å². The largest absolute Gasteiger partial charge is 0.418 e. The predicted octanol–water partition coefficient (Wildman–Crippen LogP) is 4.78. The Balaban J connectivity index is 1.76. The summed E-state index contributed by atoms with van der Waals surface area (Å²) < 4.78 is 19.6. The first-order valence-electron chi connectivity index (χ1n) is 7.06. The highest BCUT2D eigenvalue weighted by Crippen LogP contribution is 2.28. The summed E-state index contributed by atoms with van der Waals surface area (Å²) in [5.41, 5.74) is 0.460. The lowest BCUT2D eigenvalue weighted by Crippen LogP contribution is -2.23. The number of benzene rings is 1. The van der Waals surface area contributed by atoms with Crippen molar-refractivity contribution in [2.75, 3.05) is 7.05 Å². The fourth-order valence-electron chi connectivity index (χ4n) is 2.16. The van der Waals surface area contributed by atoms with Gasteiger partial charge in [-0.3, -0.25) is 4.90 Å². The highest BCUT2D eigenvalue weighted by Gasteiger charge is 2.21. The zero-order valence-corrected chi connectivity index (χ0v) is 14.2. The van der Waals surface area contributed by atoms with Crippen molar-refractivity contribution in [2.24, 2.45) is 0 Å². The minimum Gasteiger partial charge on any atom is -0.418 e. The van der Waals surface area contributed by atoms with Gasteiger partial charge in [0.15, 0.2) is 0 Å². The molecule has 2 heterocycles. The fourth-order valence-corrected chi connectivity index (χ4v) is 3.03. The summed E-state index contributed by atoms with van der Waals surface area (Å²) in [6.07, 6.45) is 0. The van der Waals surface area contributed by atoms with E-state index in [4.69, 9.17) is 16.0 Å². The van der Waals surface area contributed by atoms with Crippen LogP contribution in [0, 0.1) is 5.82 Å². The van der Waals surface area contributed by atoms with Gasteiger partial charge in [0.05, 0.1) is 10.9 Å². The van der Waals surface area contributed by atoms with Gasteiger partial charge in [-0.25, -0.2) is 4.39 Å². The van der Waals surface area contributed by atoms with Gasteiger partial charge in [-0.05, 0) is 37.6 Å². The first kappa shape index (κ1) is 16.1. The average Bonchev–Trinajstić information content (AvgIpc) is 3.20. The Bertz CT molecular complexity index is 770. The average molecular weight is 352 g/mol. The molecule has 1 aromatic carbocycles. The lowest BCUT2D eigenvalue weighted by atomic mass is 10.1. The molecule has 0 aliphatic rings. The summed E-state index contributed by atoms with van der Waals surface area (Å²) in [7, 11) is 1.86. The Morgan fingerprint density at radius 3 is 2.83 bits per heavy atom. The van der Waals surface area contributed by atoms with Crippen LogP contribution in [-0.4, -0.2) is 22.1 Å². The molecule has 7 heteroatoms. The van der Waals surface area contributed by atoms with Gasteiger partial charge in [-0.1, -0.05) is 23.7 Å². The molecule has 3 aromatic rings. The summed E-state index contributed by atoms with van der Waals surface area (Å²) in [5, 5.41) is 10.5. The molecule has 4 nitrogen and oxygen atoms in total. The van der Waals surface area contributed by atoms with Crippen LogP contribution in [0.1, 0.15) is 24.4 Å². The molecule has 1 atom stereocenters. The Morgan fingerprint density at radius 2 is 2.13 bits per heavy atom. The number of rotatable bonds is 5. The van der Waals surface area contributed by atoms with Crippen molar-refractivity contribution in [1.29, 1.82) is 0 Å². The molecule has 0 aliphatic heterocycles. The maximum absolute atomic E-state index is 13.9. The van der Waals surface area contributed by atoms with Gasteiger partial charge in [-0.15, -0.1) is 21.5 Å². The zero-order chi connectivity index (χ0) is 16.4. The van der Waals surface area contributed by atoms with Crippen molar-refractivity contribution in [2.45, 2.75) is 19.5 Å². The monoisotopic (exact) mass is 351 g/mol. The molecule has 0 radical (unpaired) electrons. The summed E-state index contributed by atoms with van der Waals surface area (Å²) in [6, 6.07) is 8.37. The standard InChI is InChI=1S/C16H15ClFN3OS/c1-10(15-19-20-16(22-15)14-7-4-8-23-14)21(2)9-11-12(17)5-3-6-13(11)18/h3-8,10H,9H2,1-2H3/t10-/m0/s1. The second-order valence-electron chi connectivity index (χ2n) is 5.21. The summed E-state index contributed by atoms with van der Waals surface area (Å²) in [5.74, 6) is 0.670. The summed E-state index contributed by atoms with van der Waals surface area (Å²) in [4.78, 5) is 2.84. The number of nitrogens with zero attached hydrogens (tertiary/aromatic N) is 3. The van der Waals surface area contributed by atoms with E-state index in [9.17, 15) is 4.39 Å². The third kappa shape index (κ3) is 3.44. The Hall–Kier alpha value is -1.76. The van der Waals surface area contributed by atoms with Crippen LogP contribution in [0.4, 0.5) is 4.39 Å². The van der Waals surface area contributed by atoms with Crippen molar-refractivity contribution in [3.8, 4) is 10.8 Å². The molecule has 0 bridgehead atoms. The molecule has 0 amide bonds. The van der Waals surface area contributed by atoms with Gasteiger partial charge in [0.2, 0.25) is 5.89 Å². The van der Waals surface area contributed by atoms with Crippen molar-refractivity contribution < 1.29 is 8.81 Å². The second-order valence-corrected chi connectivity index (χ2v) is 6.57. The van der Waals surface area contributed by atoms with E-state index in [0.29, 0.717) is 28.9 Å². The smallest absolute Gasteiger partial charge is 0.257 e. The van der Waals surface area contributed by atoms with Gasteiger partial charge >= 0.3 is 0 Å². The van der Waals surface area contributed by atoms with Gasteiger partial charge in [-0.2, -0.15) is 0 Å². The van der Waals surface area contributed by atoms with Crippen LogP contribution < -0.4 is 0 Å². The van der Waals surface area contributed by atoms with Crippen LogP contribution in [0.2, 0.25) is 5.02 Å². The third-order valence-corrected chi connectivity index (χ3v) is 4.87. The van der Waals surface area contributed by atoms with Crippen LogP contribution in [-0.2, 0) is 6.54 Å². The molecular weight excluding hydrogens is 337 g/mol. The van der Waals surface area contributed by atoms with Gasteiger partial charge in [0.25, 0.3) is 5.89 Å². The first-order chi connectivity index (χ1) is 11.1. The summed E-state index contributed by atoms with van der Waals surface area (Å²) in [6.45, 7) is 2.28. The lowest BCUT2D eigenvalue weighted by molar-refractivity contribution is 0.215. The molecule has 0 N–H and O–H groups in total. The first-order valence-corrected chi connectivity index (χ1v) is 8.32. The van der Waals surface area contributed by atoms with E-state index in [1.807, 2.05) is 36.4 Å². The van der Waals surface area contributed by atoms with Gasteiger partial charge in [0, 0.05) is 17.1 Å². The molecule has 0 saturated heterocycles. The third-order valence-electron chi connectivity index (χ3n) is 3.66. The van der Waals surface area contributed by atoms with Crippen molar-refractivity contribution in [3.63, 3.8) is 0 Å². The van der Waals surface area contributed by atoms with Crippen LogP contribution in [0.3, 0.4) is 0 Å². The van der Waals surface area contributed by atoms with Crippen LogP contribution in [0.5, 0.6) is 0 Å². The summed E-state index contributed by atoms with van der Waals surface area (Å²) >= 11 is 7.62. The molecule has 3 rings (SSSR count). The number of thiophene rings is 1. The van der Waals surface area contributed by atoms with Crippen molar-refractivity contribution in [1.82, 2.24) is 15.1 Å². The van der Waals surface area contributed by atoms with Crippen LogP contribution >= 0.6 is 22.9 Å². The minimum absolute atomic E-state index is 0.160. The molecule has 23 heavy (non-hydrogen) atoms. The number of hydrogen-bond donors (Lipinski definition) is 0. The van der Waals surface area contributed by atoms with E-state index in [0.717, 1.165) is 4.88 Å². The lowest BCUT2D eigenvalue weighted by Gasteiger charge is -2.22. The maximum Gasteiger partial charge on any atom is 0.257 e. The van der Waals surface area contributed by atoms with Gasteiger partial charge < -0.3 is 4.42 Å². The SMILES string of the molecule is C[C@@H](c1nnc(-c2cccs2)o1)N(C)Cc1c(F)cccc1Cl. The topological polar surface area (TPSA) is 42.2 Å². The molecule has 0 unspecified atom stereocenters. The fraction of sp³-hybridized carbons (Fsp3) is 0.250. The molecule has 0 saturated carbocycles. The maximum atomic E-state index is 13.9. The molecule has 2 aromatic heterocycles. The predicted molar refractivity (Wildman–Crippen MR) is 88.9 cm³/mol. The van der Waals surface area contributed by atoms with E-state index in [-0.39, 0.29) is 11.9 Å². The number of halogens is 2. The number of hydrogen-bond acceptors (Lipinski definition) is 5. The molecule has 120 valence electrons. The van der Waals surface area contributed by atoms with E-state index in [2.05, 4.69) is 10.2 Å². The minimum atomic E-state index is -0.318. The van der Waals surface area contributed by atoms with E-state index in [1.54, 1.807) is 12.1 Å². The van der Waals surface area contributed by atoms with Crippen molar-refractivity contribution in [3.05, 3.63) is 58.0 Å². The quantitative estimate of drug-likeness (QED) is 0.663. The molecular formula is C16H15ClFN3OS. The van der Waals surface area contributed by atoms with Gasteiger partial charge in [0.1, 0.15) is 5.82 Å². The van der Waals surface area contributed by atoms with E-state index >= 15 is 0 Å². The van der Waals surface area contributed by atoms with E-state index in [1.165, 1.54) is 17.4 Å². The number of aromatic nitrogens is 2. The molecule has 0 aliphatic carbocycles. The highest BCUT2D eigenvalue weighted by molar-refractivity contribution is 7.13. The highest BCUT2D eigenvalue weighted by atomic mass is 35.5. The normalized spacial score (nSPS) is 12.7. The van der Waals surface area contributed by atoms with E-state index < -0.39 is 0 Å². The Morgan fingerprint density at radius 1 is 1.30 bits per heavy atom.